The Balaban J connectivity index is 1.74. The first kappa shape index (κ1) is 31.3. The van der Waals surface area contributed by atoms with Crippen molar-refractivity contribution in [3.05, 3.63) is 47.2 Å². The third kappa shape index (κ3) is 7.09. The fourth-order valence-corrected chi connectivity index (χ4v) is 4.39. The number of carbonyl (C=O) groups is 2. The average molecular weight is 571 g/mol. The minimum Gasteiger partial charge on any atom is -0.504 e. The number of hydrogen-bond donors (Lipinski definition) is 7. The lowest BCUT2D eigenvalue weighted by atomic mass is 9.86. The maximum absolute atomic E-state index is 12.9. The molecule has 0 aliphatic carbocycles. The Bertz CT molecular complexity index is 1100. The van der Waals surface area contributed by atoms with Crippen LogP contribution in [0.4, 0.5) is 0 Å². The van der Waals surface area contributed by atoms with Crippen LogP contribution in [0.5, 0.6) is 11.5 Å². The molecule has 2 aliphatic heterocycles. The van der Waals surface area contributed by atoms with Crippen LogP contribution in [0.2, 0.25) is 0 Å². The van der Waals surface area contributed by atoms with E-state index in [1.54, 1.807) is 13.8 Å². The van der Waals surface area contributed by atoms with Crippen molar-refractivity contribution in [2.24, 2.45) is 5.92 Å². The number of rotatable bonds is 11. The number of aliphatic carboxylic acids is 1. The van der Waals surface area contributed by atoms with E-state index < -0.39 is 74.0 Å². The SMILES string of the molecule is C/C=C1\[C@H](OC2O[C@H](CO)[C@@H](O)[C@H](O)[C@H]2O)OC=C(C(=O)O)[C@H]1CC(=O)OCC(OCC)c1ccc(O)c(O)c1. The summed E-state index contributed by atoms with van der Waals surface area (Å²) in [6.07, 6.45) is -8.11. The molecule has 0 saturated carbocycles. The predicted octanol–water partition coefficient (Wildman–Crippen LogP) is -0.188. The quantitative estimate of drug-likeness (QED) is 0.104. The number of carboxylic acid groups (broad SMARTS) is 1. The topological polar surface area (TPSA) is 222 Å². The summed E-state index contributed by atoms with van der Waals surface area (Å²) in [5, 5.41) is 68.8. The number of carboxylic acids is 1. The third-order valence-electron chi connectivity index (χ3n) is 6.56. The minimum absolute atomic E-state index is 0.179. The van der Waals surface area contributed by atoms with E-state index in [0.717, 1.165) is 6.26 Å². The number of phenolic OH excluding ortho intramolecular Hbond substituents is 2. The van der Waals surface area contributed by atoms with Gasteiger partial charge < -0.3 is 59.4 Å². The van der Waals surface area contributed by atoms with E-state index in [1.165, 1.54) is 24.3 Å². The molecule has 2 unspecified atom stereocenters. The highest BCUT2D eigenvalue weighted by Crippen LogP contribution is 2.36. The van der Waals surface area contributed by atoms with Gasteiger partial charge in [-0.15, -0.1) is 0 Å². The zero-order valence-electron chi connectivity index (χ0n) is 21.8. The van der Waals surface area contributed by atoms with E-state index in [4.69, 9.17) is 23.7 Å². The molecule has 7 N–H and O–H groups in total. The summed E-state index contributed by atoms with van der Waals surface area (Å²) in [5.41, 5.74) is 0.339. The monoisotopic (exact) mass is 570 g/mol. The number of carbonyl (C=O) groups excluding carboxylic acids is 1. The number of hydrogen-bond acceptors (Lipinski definition) is 13. The lowest BCUT2D eigenvalue weighted by molar-refractivity contribution is -0.327. The van der Waals surface area contributed by atoms with Crippen molar-refractivity contribution in [1.29, 1.82) is 0 Å². The van der Waals surface area contributed by atoms with Gasteiger partial charge in [0.05, 0.1) is 24.9 Å². The van der Waals surface area contributed by atoms with Gasteiger partial charge in [0.25, 0.3) is 0 Å². The van der Waals surface area contributed by atoms with Gasteiger partial charge in [0, 0.05) is 18.1 Å². The van der Waals surface area contributed by atoms with Crippen molar-refractivity contribution in [2.75, 3.05) is 19.8 Å². The van der Waals surface area contributed by atoms with Crippen molar-refractivity contribution in [1.82, 2.24) is 0 Å². The van der Waals surface area contributed by atoms with Gasteiger partial charge in [-0.1, -0.05) is 12.1 Å². The van der Waals surface area contributed by atoms with Crippen LogP contribution >= 0.6 is 0 Å². The molecule has 8 atom stereocenters. The number of aromatic hydroxyl groups is 2. The lowest BCUT2D eigenvalue weighted by Crippen LogP contribution is -2.60. The first-order chi connectivity index (χ1) is 19.0. The number of allylic oxidation sites excluding steroid dienone is 1. The first-order valence-electron chi connectivity index (χ1n) is 12.5. The number of phenols is 2. The number of ether oxygens (including phenoxy) is 5. The molecule has 1 aromatic rings. The highest BCUT2D eigenvalue weighted by atomic mass is 16.8. The van der Waals surface area contributed by atoms with Crippen molar-refractivity contribution in [3.63, 3.8) is 0 Å². The van der Waals surface area contributed by atoms with Crippen molar-refractivity contribution >= 4 is 11.9 Å². The summed E-state index contributed by atoms with van der Waals surface area (Å²) in [7, 11) is 0. The average Bonchev–Trinajstić information content (AvgIpc) is 2.92. The third-order valence-corrected chi connectivity index (χ3v) is 6.56. The van der Waals surface area contributed by atoms with Crippen molar-refractivity contribution in [2.45, 2.75) is 63.4 Å². The molecule has 14 heteroatoms. The Morgan fingerprint density at radius 3 is 2.42 bits per heavy atom. The molecule has 2 heterocycles. The number of esters is 1. The summed E-state index contributed by atoms with van der Waals surface area (Å²) < 4.78 is 27.4. The lowest BCUT2D eigenvalue weighted by Gasteiger charge is -2.41. The highest BCUT2D eigenvalue weighted by Gasteiger charge is 2.46. The zero-order valence-corrected chi connectivity index (χ0v) is 21.8. The molecule has 0 amide bonds. The van der Waals surface area contributed by atoms with E-state index in [9.17, 15) is 45.3 Å². The second kappa shape index (κ2) is 13.9. The Morgan fingerprint density at radius 1 is 1.10 bits per heavy atom. The molecular weight excluding hydrogens is 536 g/mol. The summed E-state index contributed by atoms with van der Waals surface area (Å²) in [4.78, 5) is 24.8. The van der Waals surface area contributed by atoms with E-state index in [0.29, 0.717) is 5.56 Å². The van der Waals surface area contributed by atoms with Crippen molar-refractivity contribution < 1.29 is 69.0 Å². The summed E-state index contributed by atoms with van der Waals surface area (Å²) in [6.45, 7) is 2.55. The minimum atomic E-state index is -1.73. The maximum atomic E-state index is 12.9. The van der Waals surface area contributed by atoms with E-state index in [1.807, 2.05) is 0 Å². The summed E-state index contributed by atoms with van der Waals surface area (Å²) in [5.74, 6) is -3.95. The largest absolute Gasteiger partial charge is 0.504 e. The molecule has 1 aromatic carbocycles. The van der Waals surface area contributed by atoms with Gasteiger partial charge in [0.1, 0.15) is 37.1 Å². The Hall–Kier alpha value is -3.24. The molecule has 1 saturated heterocycles. The number of aliphatic hydroxyl groups is 4. The normalized spacial score (nSPS) is 30.3. The van der Waals surface area contributed by atoms with E-state index in [2.05, 4.69) is 0 Å². The smallest absolute Gasteiger partial charge is 0.335 e. The second-order valence-corrected chi connectivity index (χ2v) is 9.10. The van der Waals surface area contributed by atoms with Gasteiger partial charge in [0.2, 0.25) is 6.29 Å². The molecule has 0 aromatic heterocycles. The van der Waals surface area contributed by atoms with Crippen LogP contribution in [0.3, 0.4) is 0 Å². The predicted molar refractivity (Wildman–Crippen MR) is 132 cm³/mol. The number of aliphatic hydroxyl groups excluding tert-OH is 4. The van der Waals surface area contributed by atoms with Crippen LogP contribution in [-0.4, -0.2) is 105 Å². The molecule has 0 bridgehead atoms. The van der Waals surface area contributed by atoms with Gasteiger partial charge in [0.15, 0.2) is 17.8 Å². The Kier molecular flexibility index (Phi) is 10.9. The van der Waals surface area contributed by atoms with Crippen LogP contribution < -0.4 is 0 Å². The molecule has 0 spiro atoms. The van der Waals surface area contributed by atoms with Crippen LogP contribution in [0.25, 0.3) is 0 Å². The second-order valence-electron chi connectivity index (χ2n) is 9.10. The standard InChI is InChI=1S/C26H34O14/c1-3-13-14(8-20(30)37-11-19(36-4-2)12-5-6-16(28)17(29)7-12)15(24(34)35)10-38-25(13)40-26-23(33)22(32)21(31)18(9-27)39-26/h3,5-7,10,14,18-19,21-23,25-29,31-33H,4,8-9,11H2,1-2H3,(H,34,35)/b13-3-/t14-,18+,19?,21+,22-,23+,25-,26?/m0/s1. The molecule has 14 nitrogen and oxygen atoms in total. The summed E-state index contributed by atoms with van der Waals surface area (Å²) in [6, 6.07) is 4.02. The van der Waals surface area contributed by atoms with E-state index in [-0.39, 0.29) is 35.9 Å². The number of benzene rings is 1. The molecule has 2 aliphatic rings. The van der Waals surface area contributed by atoms with Crippen LogP contribution in [0.15, 0.2) is 41.7 Å². The molecule has 1 fully saturated rings. The maximum Gasteiger partial charge on any atom is 0.335 e. The van der Waals surface area contributed by atoms with Crippen molar-refractivity contribution in [3.8, 4) is 11.5 Å². The first-order valence-corrected chi connectivity index (χ1v) is 12.5. The molecule has 0 radical (unpaired) electrons. The van der Waals surface area contributed by atoms with Gasteiger partial charge in [-0.05, 0) is 31.5 Å². The molecule has 40 heavy (non-hydrogen) atoms. The van der Waals surface area contributed by atoms with Crippen LogP contribution in [0, 0.1) is 5.92 Å². The van der Waals surface area contributed by atoms with E-state index >= 15 is 0 Å². The fourth-order valence-electron chi connectivity index (χ4n) is 4.39. The molecule has 3 rings (SSSR count). The van der Waals surface area contributed by atoms with Gasteiger partial charge in [-0.25, -0.2) is 4.79 Å². The van der Waals surface area contributed by atoms with Gasteiger partial charge >= 0.3 is 11.9 Å². The fraction of sp³-hybridized carbons (Fsp3) is 0.538. The Labute approximate surface area is 229 Å². The zero-order chi connectivity index (χ0) is 29.6. The molecule has 222 valence electrons. The van der Waals surface area contributed by atoms with Crippen LogP contribution in [0.1, 0.15) is 31.9 Å². The van der Waals surface area contributed by atoms with Crippen LogP contribution in [-0.2, 0) is 33.3 Å². The van der Waals surface area contributed by atoms with Gasteiger partial charge in [-0.3, -0.25) is 4.79 Å². The van der Waals surface area contributed by atoms with Gasteiger partial charge in [-0.2, -0.15) is 0 Å². The Morgan fingerprint density at radius 2 is 1.82 bits per heavy atom. The summed E-state index contributed by atoms with van der Waals surface area (Å²) >= 11 is 0. The molecular formula is C26H34O14. The highest BCUT2D eigenvalue weighted by molar-refractivity contribution is 5.89.